The Morgan fingerprint density at radius 1 is 0.875 bits per heavy atom. The number of rotatable bonds is 3. The highest BCUT2D eigenvalue weighted by Gasteiger charge is 2.28. The molecule has 0 aliphatic heterocycles. The number of halogens is 4. The van der Waals surface area contributed by atoms with Crippen molar-refractivity contribution in [1.82, 2.24) is 0 Å². The second kappa shape index (κ2) is 6.12. The summed E-state index contributed by atoms with van der Waals surface area (Å²) >= 11 is 23.9. The summed E-state index contributed by atoms with van der Waals surface area (Å²) in [4.78, 5) is 0. The summed E-state index contributed by atoms with van der Waals surface area (Å²) < 4.78 is -1.09. The van der Waals surface area contributed by atoms with Crippen molar-refractivity contribution in [1.29, 1.82) is 0 Å². The van der Waals surface area contributed by atoms with E-state index < -0.39 is 17.1 Å². The molecule has 0 aliphatic rings. The average Bonchev–Trinajstić information content (AvgIpc) is 2.09. The Hall–Kier alpha value is 0.810. The van der Waals surface area contributed by atoms with Crippen molar-refractivity contribution in [3.63, 3.8) is 0 Å². The SMILES string of the molecule is Cc1cc(C)c(P(C(Cl)Cl)C(Cl)Cl)c(C)c1. The molecule has 0 saturated heterocycles. The number of hydrogen-bond acceptors (Lipinski definition) is 0. The van der Waals surface area contributed by atoms with E-state index in [1.54, 1.807) is 0 Å². The molecular formula is C11H13Cl4P. The van der Waals surface area contributed by atoms with Gasteiger partial charge in [-0.1, -0.05) is 64.1 Å². The van der Waals surface area contributed by atoms with E-state index in [2.05, 4.69) is 19.1 Å². The molecule has 0 saturated carbocycles. The van der Waals surface area contributed by atoms with Crippen molar-refractivity contribution in [3.8, 4) is 0 Å². The van der Waals surface area contributed by atoms with Gasteiger partial charge < -0.3 is 0 Å². The molecule has 0 heterocycles. The van der Waals surface area contributed by atoms with Gasteiger partial charge in [-0.05, 0) is 45.1 Å². The van der Waals surface area contributed by atoms with Gasteiger partial charge in [0.15, 0.2) is 0 Å². The quantitative estimate of drug-likeness (QED) is 0.528. The predicted octanol–water partition coefficient (Wildman–Crippen LogP) is 5.24. The molecule has 5 heteroatoms. The molecule has 0 aromatic heterocycles. The van der Waals surface area contributed by atoms with Crippen LogP contribution in [0.5, 0.6) is 0 Å². The minimum absolute atomic E-state index is 0.546. The van der Waals surface area contributed by atoms with Crippen LogP contribution in [0.25, 0.3) is 0 Å². The largest absolute Gasteiger partial charge is 0.133 e. The van der Waals surface area contributed by atoms with Gasteiger partial charge in [-0.2, -0.15) is 0 Å². The van der Waals surface area contributed by atoms with Crippen molar-refractivity contribution in [2.45, 2.75) is 29.9 Å². The summed E-state index contributed by atoms with van der Waals surface area (Å²) in [6, 6.07) is 4.20. The first-order chi connectivity index (χ1) is 7.34. The minimum Gasteiger partial charge on any atom is -0.0998 e. The summed E-state index contributed by atoms with van der Waals surface area (Å²) in [6.07, 6.45) is 0. The first-order valence-electron chi connectivity index (χ1n) is 4.77. The van der Waals surface area contributed by atoms with Gasteiger partial charge in [0.25, 0.3) is 0 Å². The Labute approximate surface area is 118 Å². The zero-order valence-corrected chi connectivity index (χ0v) is 13.2. The summed E-state index contributed by atoms with van der Waals surface area (Å²) in [7, 11) is -0.966. The fourth-order valence-electron chi connectivity index (χ4n) is 1.86. The van der Waals surface area contributed by atoms with Gasteiger partial charge in [0.2, 0.25) is 0 Å². The standard InChI is InChI=1S/C11H13Cl4P/c1-6-4-7(2)9(8(3)5-6)16(10(12)13)11(14)15/h4-5,10-11H,1-3H3. The van der Waals surface area contributed by atoms with Crippen molar-refractivity contribution in [2.75, 3.05) is 0 Å². The second-order valence-electron chi connectivity index (χ2n) is 3.71. The molecule has 0 radical (unpaired) electrons. The van der Waals surface area contributed by atoms with Crippen LogP contribution in [0.3, 0.4) is 0 Å². The van der Waals surface area contributed by atoms with Gasteiger partial charge in [-0.25, -0.2) is 0 Å². The van der Waals surface area contributed by atoms with Crippen molar-refractivity contribution in [2.24, 2.45) is 0 Å². The van der Waals surface area contributed by atoms with Crippen LogP contribution in [0.1, 0.15) is 16.7 Å². The van der Waals surface area contributed by atoms with Gasteiger partial charge in [0.1, 0.15) is 9.15 Å². The average molecular weight is 318 g/mol. The third kappa shape index (κ3) is 3.40. The van der Waals surface area contributed by atoms with Crippen LogP contribution >= 0.6 is 54.3 Å². The lowest BCUT2D eigenvalue weighted by molar-refractivity contribution is 1.35. The van der Waals surface area contributed by atoms with Crippen molar-refractivity contribution >= 4 is 59.6 Å². The van der Waals surface area contributed by atoms with Gasteiger partial charge in [0, 0.05) is 0 Å². The van der Waals surface area contributed by atoms with E-state index >= 15 is 0 Å². The Kier molecular flexibility index (Phi) is 5.68. The van der Waals surface area contributed by atoms with Crippen LogP contribution in [-0.2, 0) is 0 Å². The van der Waals surface area contributed by atoms with E-state index in [4.69, 9.17) is 46.4 Å². The highest BCUT2D eigenvalue weighted by atomic mass is 35.5. The van der Waals surface area contributed by atoms with E-state index in [-0.39, 0.29) is 0 Å². The molecule has 0 nitrogen and oxygen atoms in total. The first kappa shape index (κ1) is 14.9. The Bertz CT molecular complexity index is 345. The molecule has 0 aliphatic carbocycles. The molecule has 90 valence electrons. The predicted molar refractivity (Wildman–Crippen MR) is 78.2 cm³/mol. The molecule has 0 amide bonds. The summed E-state index contributed by atoms with van der Waals surface area (Å²) in [5.74, 6) is 0. The van der Waals surface area contributed by atoms with Crippen LogP contribution in [0, 0.1) is 20.8 Å². The molecule has 0 N–H and O–H groups in total. The molecule has 1 rings (SSSR count). The maximum atomic E-state index is 5.98. The fourth-order valence-corrected chi connectivity index (χ4v) is 6.58. The van der Waals surface area contributed by atoms with E-state index in [0.717, 1.165) is 16.4 Å². The highest BCUT2D eigenvalue weighted by Crippen LogP contribution is 2.53. The van der Waals surface area contributed by atoms with Crippen LogP contribution in [-0.4, -0.2) is 9.15 Å². The lowest BCUT2D eigenvalue weighted by Gasteiger charge is -2.24. The van der Waals surface area contributed by atoms with Crippen LogP contribution < -0.4 is 5.30 Å². The summed E-state index contributed by atoms with van der Waals surface area (Å²) in [5, 5.41) is 1.12. The summed E-state index contributed by atoms with van der Waals surface area (Å²) in [5.41, 5.74) is 3.53. The van der Waals surface area contributed by atoms with Gasteiger partial charge in [-0.15, -0.1) is 0 Å². The molecule has 16 heavy (non-hydrogen) atoms. The monoisotopic (exact) mass is 316 g/mol. The van der Waals surface area contributed by atoms with Crippen molar-refractivity contribution in [3.05, 3.63) is 28.8 Å². The van der Waals surface area contributed by atoms with Gasteiger partial charge in [-0.3, -0.25) is 0 Å². The molecular weight excluding hydrogens is 305 g/mol. The normalized spacial score (nSPS) is 11.9. The van der Waals surface area contributed by atoms with Crippen LogP contribution in [0.4, 0.5) is 0 Å². The molecule has 0 atom stereocenters. The minimum atomic E-state index is -0.966. The topological polar surface area (TPSA) is 0 Å². The lowest BCUT2D eigenvalue weighted by Crippen LogP contribution is -2.16. The van der Waals surface area contributed by atoms with E-state index in [1.807, 2.05) is 13.8 Å². The number of aryl methyl sites for hydroxylation is 3. The van der Waals surface area contributed by atoms with Gasteiger partial charge in [0.05, 0.1) is 0 Å². The molecule has 0 fully saturated rings. The Morgan fingerprint density at radius 2 is 1.25 bits per heavy atom. The zero-order chi connectivity index (χ0) is 12.5. The number of benzene rings is 1. The maximum Gasteiger partial charge on any atom is 0.133 e. The maximum absolute atomic E-state index is 5.98. The van der Waals surface area contributed by atoms with Crippen LogP contribution in [0.2, 0.25) is 0 Å². The molecule has 0 spiro atoms. The van der Waals surface area contributed by atoms with E-state index in [1.165, 1.54) is 5.56 Å². The smallest absolute Gasteiger partial charge is 0.0998 e. The van der Waals surface area contributed by atoms with E-state index in [0.29, 0.717) is 0 Å². The molecule has 1 aromatic carbocycles. The van der Waals surface area contributed by atoms with Crippen LogP contribution in [0.15, 0.2) is 12.1 Å². The van der Waals surface area contributed by atoms with Gasteiger partial charge >= 0.3 is 0 Å². The third-order valence-electron chi connectivity index (χ3n) is 2.31. The molecule has 0 bridgehead atoms. The zero-order valence-electron chi connectivity index (χ0n) is 9.27. The fraction of sp³-hybridized carbons (Fsp3) is 0.455. The molecule has 1 aromatic rings. The second-order valence-corrected chi connectivity index (χ2v) is 9.41. The number of alkyl halides is 4. The Balaban J connectivity index is 3.29. The van der Waals surface area contributed by atoms with Crippen molar-refractivity contribution < 1.29 is 0 Å². The third-order valence-corrected chi connectivity index (χ3v) is 6.90. The highest BCUT2D eigenvalue weighted by molar-refractivity contribution is 7.73. The molecule has 0 unspecified atom stereocenters. The first-order valence-corrected chi connectivity index (χ1v) is 7.99. The summed E-state index contributed by atoms with van der Waals surface area (Å²) in [6.45, 7) is 6.14. The number of hydrogen-bond donors (Lipinski definition) is 0. The van der Waals surface area contributed by atoms with E-state index in [9.17, 15) is 0 Å². The lowest BCUT2D eigenvalue weighted by atomic mass is 10.1. The Morgan fingerprint density at radius 3 is 1.56 bits per heavy atom.